The molecule has 132 valence electrons. The molecule has 7 heteroatoms. The topological polar surface area (TPSA) is 70.2 Å². The second kappa shape index (κ2) is 6.68. The van der Waals surface area contributed by atoms with E-state index in [-0.39, 0.29) is 5.57 Å². The molecule has 2 aliphatic rings. The average molecular weight is 343 g/mol. The van der Waals surface area contributed by atoms with Gasteiger partial charge in [-0.25, -0.2) is 4.79 Å². The van der Waals surface area contributed by atoms with Gasteiger partial charge in [0, 0.05) is 32.9 Å². The second-order valence-corrected chi connectivity index (χ2v) is 6.21. The molecule has 0 spiro atoms. The predicted octanol–water partition coefficient (Wildman–Crippen LogP) is 1.27. The van der Waals surface area contributed by atoms with Gasteiger partial charge in [0.2, 0.25) is 0 Å². The largest absolute Gasteiger partial charge is 0.378 e. The molecule has 2 heterocycles. The Morgan fingerprint density at radius 3 is 2.16 bits per heavy atom. The minimum atomic E-state index is -0.619. The smallest absolute Gasteiger partial charge is 0.333 e. The molecule has 4 amide bonds. The molecule has 2 aliphatic heterocycles. The van der Waals surface area contributed by atoms with E-state index in [9.17, 15) is 14.4 Å². The van der Waals surface area contributed by atoms with Crippen LogP contribution in [0.25, 0.3) is 6.08 Å². The van der Waals surface area contributed by atoms with Crippen molar-refractivity contribution >= 4 is 29.6 Å². The fourth-order valence-corrected chi connectivity index (χ4v) is 2.97. The molecule has 0 bridgehead atoms. The Bertz CT molecular complexity index is 740. The molecule has 0 N–H and O–H groups in total. The van der Waals surface area contributed by atoms with Crippen molar-refractivity contribution in [3.63, 3.8) is 0 Å². The van der Waals surface area contributed by atoms with Gasteiger partial charge in [-0.05, 0) is 36.3 Å². The lowest BCUT2D eigenvalue weighted by Crippen LogP contribution is -2.52. The minimum Gasteiger partial charge on any atom is -0.378 e. The molecule has 0 atom stereocenters. The molecule has 0 saturated carbocycles. The molecule has 1 aromatic carbocycles. The number of hydrogen-bond acceptors (Lipinski definition) is 5. The molecule has 7 nitrogen and oxygen atoms in total. The van der Waals surface area contributed by atoms with Crippen LogP contribution in [0, 0.1) is 6.92 Å². The average Bonchev–Trinajstić information content (AvgIpc) is 2.63. The third kappa shape index (κ3) is 3.15. The number of likely N-dealkylation sites (N-methyl/N-ethyl adjacent to an activating group) is 2. The molecular formula is C18H21N3O4. The van der Waals surface area contributed by atoms with Gasteiger partial charge in [-0.1, -0.05) is 6.07 Å². The van der Waals surface area contributed by atoms with Crippen molar-refractivity contribution in [1.29, 1.82) is 0 Å². The first-order valence-electron chi connectivity index (χ1n) is 8.15. The van der Waals surface area contributed by atoms with Crippen molar-refractivity contribution in [3.05, 3.63) is 34.9 Å². The van der Waals surface area contributed by atoms with Crippen molar-refractivity contribution in [2.45, 2.75) is 6.92 Å². The molecule has 1 aromatic rings. The molecule has 0 unspecified atom stereocenters. The summed E-state index contributed by atoms with van der Waals surface area (Å²) in [5, 5.41) is 0. The van der Waals surface area contributed by atoms with Crippen molar-refractivity contribution in [2.75, 3.05) is 45.3 Å². The Balaban J connectivity index is 1.91. The normalized spacial score (nSPS) is 18.9. The number of rotatable bonds is 2. The summed E-state index contributed by atoms with van der Waals surface area (Å²) in [7, 11) is 2.74. The van der Waals surface area contributed by atoms with E-state index in [0.717, 1.165) is 39.7 Å². The van der Waals surface area contributed by atoms with Crippen LogP contribution in [0.3, 0.4) is 0 Å². The van der Waals surface area contributed by atoms with Gasteiger partial charge >= 0.3 is 6.03 Å². The van der Waals surface area contributed by atoms with Crippen molar-refractivity contribution < 1.29 is 19.1 Å². The summed E-state index contributed by atoms with van der Waals surface area (Å²) in [6, 6.07) is 5.28. The van der Waals surface area contributed by atoms with Crippen LogP contribution >= 0.6 is 0 Å². The highest BCUT2D eigenvalue weighted by Gasteiger charge is 2.37. The lowest BCUT2D eigenvalue weighted by atomic mass is 10.0. The maximum atomic E-state index is 12.3. The van der Waals surface area contributed by atoms with Crippen LogP contribution in [-0.4, -0.2) is 68.0 Å². The number of urea groups is 1. The van der Waals surface area contributed by atoms with Gasteiger partial charge in [-0.2, -0.15) is 0 Å². The lowest BCUT2D eigenvalue weighted by molar-refractivity contribution is -0.134. The Morgan fingerprint density at radius 2 is 1.60 bits per heavy atom. The van der Waals surface area contributed by atoms with E-state index >= 15 is 0 Å². The molecule has 2 fully saturated rings. The number of benzene rings is 1. The summed E-state index contributed by atoms with van der Waals surface area (Å²) in [5.41, 5.74) is 2.82. The number of nitrogens with zero attached hydrogens (tertiary/aromatic N) is 3. The predicted molar refractivity (Wildman–Crippen MR) is 93.1 cm³/mol. The molecular weight excluding hydrogens is 322 g/mol. The zero-order valence-electron chi connectivity index (χ0n) is 14.6. The summed E-state index contributed by atoms with van der Waals surface area (Å²) < 4.78 is 5.37. The molecule has 3 rings (SSSR count). The van der Waals surface area contributed by atoms with E-state index in [1.54, 1.807) is 6.08 Å². The fourth-order valence-electron chi connectivity index (χ4n) is 2.97. The van der Waals surface area contributed by atoms with Gasteiger partial charge in [-0.15, -0.1) is 0 Å². The monoisotopic (exact) mass is 343 g/mol. The molecule has 0 radical (unpaired) electrons. The van der Waals surface area contributed by atoms with E-state index in [1.165, 1.54) is 14.1 Å². The Labute approximate surface area is 146 Å². The van der Waals surface area contributed by atoms with Gasteiger partial charge in [0.1, 0.15) is 5.57 Å². The SMILES string of the molecule is Cc1cc(N2CCOCC2)ccc1C=C1C(=O)N(C)C(=O)N(C)C1=O. The maximum Gasteiger partial charge on any atom is 0.333 e. The van der Waals surface area contributed by atoms with Crippen LogP contribution < -0.4 is 4.90 Å². The number of imide groups is 2. The molecule has 2 saturated heterocycles. The van der Waals surface area contributed by atoms with Crippen LogP contribution in [0.2, 0.25) is 0 Å². The van der Waals surface area contributed by atoms with Gasteiger partial charge in [0.05, 0.1) is 13.2 Å². The zero-order valence-corrected chi connectivity index (χ0v) is 14.6. The lowest BCUT2D eigenvalue weighted by Gasteiger charge is -2.30. The van der Waals surface area contributed by atoms with Gasteiger partial charge in [0.15, 0.2) is 0 Å². The quantitative estimate of drug-likeness (QED) is 0.597. The number of amides is 4. The van der Waals surface area contributed by atoms with E-state index < -0.39 is 17.8 Å². The summed E-state index contributed by atoms with van der Waals surface area (Å²) in [6.07, 6.45) is 1.56. The van der Waals surface area contributed by atoms with E-state index in [4.69, 9.17) is 4.74 Å². The number of ether oxygens (including phenoxy) is 1. The fraction of sp³-hybridized carbons (Fsp3) is 0.389. The van der Waals surface area contributed by atoms with E-state index in [0.29, 0.717) is 13.2 Å². The molecule has 25 heavy (non-hydrogen) atoms. The van der Waals surface area contributed by atoms with Crippen molar-refractivity contribution in [3.8, 4) is 0 Å². The Kier molecular flexibility index (Phi) is 4.59. The standard InChI is InChI=1S/C18H21N3O4/c1-12-10-14(21-6-8-25-9-7-21)5-4-13(12)11-15-16(22)19(2)18(24)20(3)17(15)23/h4-5,10-11H,6-9H2,1-3H3. The number of morpholine rings is 1. The van der Waals surface area contributed by atoms with Crippen LogP contribution in [0.15, 0.2) is 23.8 Å². The Hall–Kier alpha value is -2.67. The zero-order chi connectivity index (χ0) is 18.1. The third-order valence-corrected chi connectivity index (χ3v) is 4.57. The van der Waals surface area contributed by atoms with Crippen LogP contribution in [-0.2, 0) is 14.3 Å². The summed E-state index contributed by atoms with van der Waals surface area (Å²) in [5.74, 6) is -1.16. The number of aryl methyl sites for hydroxylation is 1. The summed E-state index contributed by atoms with van der Waals surface area (Å²) in [4.78, 5) is 40.5. The first-order chi connectivity index (χ1) is 11.9. The van der Waals surface area contributed by atoms with Gasteiger partial charge in [-0.3, -0.25) is 19.4 Å². The summed E-state index contributed by atoms with van der Waals surface area (Å²) in [6.45, 7) is 5.04. The van der Waals surface area contributed by atoms with Gasteiger partial charge in [0.25, 0.3) is 11.8 Å². The number of anilines is 1. The van der Waals surface area contributed by atoms with Crippen molar-refractivity contribution in [1.82, 2.24) is 9.80 Å². The van der Waals surface area contributed by atoms with Crippen molar-refractivity contribution in [2.24, 2.45) is 0 Å². The molecule has 0 aliphatic carbocycles. The first kappa shape index (κ1) is 17.2. The number of hydrogen-bond donors (Lipinski definition) is 0. The highest BCUT2D eigenvalue weighted by molar-refractivity contribution is 6.30. The highest BCUT2D eigenvalue weighted by Crippen LogP contribution is 2.24. The third-order valence-electron chi connectivity index (χ3n) is 4.57. The molecule has 0 aromatic heterocycles. The number of carbonyl (C=O) groups is 3. The van der Waals surface area contributed by atoms with E-state index in [1.807, 2.05) is 25.1 Å². The van der Waals surface area contributed by atoms with Crippen LogP contribution in [0.5, 0.6) is 0 Å². The maximum absolute atomic E-state index is 12.3. The van der Waals surface area contributed by atoms with Gasteiger partial charge < -0.3 is 9.64 Å². The highest BCUT2D eigenvalue weighted by atomic mass is 16.5. The Morgan fingerprint density at radius 1 is 1.00 bits per heavy atom. The number of carbonyl (C=O) groups excluding carboxylic acids is 3. The minimum absolute atomic E-state index is 0.00757. The number of barbiturate groups is 1. The first-order valence-corrected chi connectivity index (χ1v) is 8.15. The second-order valence-electron chi connectivity index (χ2n) is 6.21. The van der Waals surface area contributed by atoms with Crippen LogP contribution in [0.1, 0.15) is 11.1 Å². The summed E-state index contributed by atoms with van der Waals surface area (Å²) >= 11 is 0. The van der Waals surface area contributed by atoms with E-state index in [2.05, 4.69) is 4.90 Å². The van der Waals surface area contributed by atoms with Crippen LogP contribution in [0.4, 0.5) is 10.5 Å².